The third-order valence-corrected chi connectivity index (χ3v) is 6.98. The van der Waals surface area contributed by atoms with Crippen LogP contribution in [0.25, 0.3) is 0 Å². The van der Waals surface area contributed by atoms with Crippen molar-refractivity contribution in [2.45, 2.75) is 31.8 Å². The molecule has 0 radical (unpaired) electrons. The molecule has 0 aromatic heterocycles. The van der Waals surface area contributed by atoms with Crippen LogP contribution in [0, 0.1) is 6.92 Å². The number of hydrogen-bond acceptors (Lipinski definition) is 5. The molecule has 178 valence electrons. The van der Waals surface area contributed by atoms with Gasteiger partial charge in [0, 0.05) is 4.47 Å². The number of aryl methyl sites for hydroxylation is 1. The first kappa shape index (κ1) is 25.5. The molecule has 9 heteroatoms. The second-order valence-corrected chi connectivity index (χ2v) is 10.6. The molecule has 7 nitrogen and oxygen atoms in total. The van der Waals surface area contributed by atoms with Gasteiger partial charge in [-0.2, -0.15) is 5.10 Å². The molecule has 0 aliphatic rings. The van der Waals surface area contributed by atoms with E-state index in [1.807, 2.05) is 45.0 Å². The molecule has 0 aliphatic carbocycles. The van der Waals surface area contributed by atoms with Crippen molar-refractivity contribution in [3.05, 3.63) is 88.4 Å². The summed E-state index contributed by atoms with van der Waals surface area (Å²) < 4.78 is 34.2. The number of benzene rings is 3. The maximum atomic E-state index is 13.4. The van der Waals surface area contributed by atoms with Gasteiger partial charge >= 0.3 is 0 Å². The predicted molar refractivity (Wildman–Crippen MR) is 138 cm³/mol. The topological polar surface area (TPSA) is 88.1 Å². The van der Waals surface area contributed by atoms with E-state index in [1.54, 1.807) is 36.4 Å². The van der Waals surface area contributed by atoms with E-state index in [1.165, 1.54) is 18.3 Å². The number of nitrogens with zero attached hydrogens (tertiary/aromatic N) is 2. The highest BCUT2D eigenvalue weighted by Crippen LogP contribution is 2.25. The average molecular weight is 544 g/mol. The van der Waals surface area contributed by atoms with Gasteiger partial charge in [-0.15, -0.1) is 0 Å². The minimum Gasteiger partial charge on any atom is -0.491 e. The van der Waals surface area contributed by atoms with Crippen LogP contribution in [-0.4, -0.2) is 33.2 Å². The van der Waals surface area contributed by atoms with E-state index >= 15 is 0 Å². The van der Waals surface area contributed by atoms with Crippen molar-refractivity contribution in [2.75, 3.05) is 10.8 Å². The van der Waals surface area contributed by atoms with Crippen LogP contribution in [0.15, 0.2) is 87.3 Å². The zero-order valence-corrected chi connectivity index (χ0v) is 21.5. The van der Waals surface area contributed by atoms with E-state index in [0.717, 1.165) is 25.7 Å². The lowest BCUT2D eigenvalue weighted by atomic mass is 10.2. The van der Waals surface area contributed by atoms with Crippen molar-refractivity contribution >= 4 is 43.8 Å². The minimum absolute atomic E-state index is 0.0728. The predicted octanol–water partition coefficient (Wildman–Crippen LogP) is 4.89. The SMILES string of the molecule is Cc1ccc(S(=O)(=O)N(CC(=O)N/N=C\c2ccc(OC(C)C)cc2)c2ccc(Br)cc2)cc1. The smallest absolute Gasteiger partial charge is 0.264 e. The van der Waals surface area contributed by atoms with Crippen molar-refractivity contribution in [2.24, 2.45) is 5.10 Å². The van der Waals surface area contributed by atoms with E-state index in [2.05, 4.69) is 26.5 Å². The van der Waals surface area contributed by atoms with Gasteiger partial charge in [-0.3, -0.25) is 9.10 Å². The van der Waals surface area contributed by atoms with Gasteiger partial charge in [0.2, 0.25) is 0 Å². The van der Waals surface area contributed by atoms with Crippen molar-refractivity contribution in [3.8, 4) is 5.75 Å². The van der Waals surface area contributed by atoms with E-state index in [0.29, 0.717) is 5.69 Å². The first-order valence-corrected chi connectivity index (χ1v) is 12.8. The molecular formula is C25H26BrN3O4S. The van der Waals surface area contributed by atoms with Gasteiger partial charge in [-0.1, -0.05) is 33.6 Å². The number of carbonyl (C=O) groups is 1. The van der Waals surface area contributed by atoms with Crippen molar-refractivity contribution in [3.63, 3.8) is 0 Å². The molecule has 0 aliphatic heterocycles. The Kier molecular flexibility index (Phi) is 8.46. The van der Waals surface area contributed by atoms with Gasteiger partial charge in [0.15, 0.2) is 0 Å². The highest BCUT2D eigenvalue weighted by atomic mass is 79.9. The Morgan fingerprint density at radius 3 is 2.24 bits per heavy atom. The lowest BCUT2D eigenvalue weighted by Gasteiger charge is -2.23. The van der Waals surface area contributed by atoms with Gasteiger partial charge < -0.3 is 4.74 Å². The van der Waals surface area contributed by atoms with E-state index in [9.17, 15) is 13.2 Å². The second kappa shape index (κ2) is 11.3. The van der Waals surface area contributed by atoms with E-state index in [-0.39, 0.29) is 11.0 Å². The lowest BCUT2D eigenvalue weighted by molar-refractivity contribution is -0.119. The summed E-state index contributed by atoms with van der Waals surface area (Å²) in [6, 6.07) is 20.4. The standard InChI is InChI=1S/C25H26BrN3O4S/c1-18(2)33-23-12-6-20(7-13-23)16-27-28-25(30)17-29(22-10-8-21(26)9-11-22)34(31,32)24-14-4-19(3)5-15-24/h4-16,18H,17H2,1-3H3,(H,28,30)/b27-16-. The fraction of sp³-hybridized carbons (Fsp3) is 0.200. The monoisotopic (exact) mass is 543 g/mol. The second-order valence-electron chi connectivity index (χ2n) is 7.83. The molecule has 0 saturated carbocycles. The summed E-state index contributed by atoms with van der Waals surface area (Å²) in [7, 11) is -3.98. The van der Waals surface area contributed by atoms with Gasteiger partial charge in [0.25, 0.3) is 15.9 Å². The highest BCUT2D eigenvalue weighted by Gasteiger charge is 2.27. The quantitative estimate of drug-likeness (QED) is 0.307. The van der Waals surface area contributed by atoms with Crippen LogP contribution >= 0.6 is 15.9 Å². The molecule has 0 fully saturated rings. The average Bonchev–Trinajstić information content (AvgIpc) is 2.79. The fourth-order valence-corrected chi connectivity index (χ4v) is 4.69. The Morgan fingerprint density at radius 1 is 1.03 bits per heavy atom. The molecule has 0 unspecified atom stereocenters. The van der Waals surface area contributed by atoms with Gasteiger partial charge in [-0.25, -0.2) is 13.8 Å². The van der Waals surface area contributed by atoms with Crippen LogP contribution in [0.3, 0.4) is 0 Å². The number of hydrogen-bond donors (Lipinski definition) is 1. The summed E-state index contributed by atoms with van der Waals surface area (Å²) in [4.78, 5) is 12.7. The Bertz CT molecular complexity index is 1240. The number of hydrazone groups is 1. The van der Waals surface area contributed by atoms with Crippen LogP contribution in [-0.2, 0) is 14.8 Å². The molecule has 1 N–H and O–H groups in total. The molecule has 0 saturated heterocycles. The normalized spacial score (nSPS) is 11.6. The number of halogens is 1. The largest absolute Gasteiger partial charge is 0.491 e. The molecule has 3 aromatic carbocycles. The lowest BCUT2D eigenvalue weighted by Crippen LogP contribution is -2.39. The summed E-state index contributed by atoms with van der Waals surface area (Å²) in [5, 5.41) is 3.97. The molecule has 0 bridgehead atoms. The van der Waals surface area contributed by atoms with Crippen LogP contribution in [0.1, 0.15) is 25.0 Å². The van der Waals surface area contributed by atoms with E-state index in [4.69, 9.17) is 4.74 Å². The third kappa shape index (κ3) is 6.91. The maximum absolute atomic E-state index is 13.4. The van der Waals surface area contributed by atoms with Gasteiger partial charge in [0.1, 0.15) is 12.3 Å². The summed E-state index contributed by atoms with van der Waals surface area (Å²) in [5.41, 5.74) is 4.46. The third-order valence-electron chi connectivity index (χ3n) is 4.67. The number of amides is 1. The summed E-state index contributed by atoms with van der Waals surface area (Å²) in [5.74, 6) is 0.164. The van der Waals surface area contributed by atoms with E-state index < -0.39 is 22.5 Å². The summed E-state index contributed by atoms with van der Waals surface area (Å²) in [6.45, 7) is 5.33. The number of nitrogens with one attached hydrogen (secondary N) is 1. The maximum Gasteiger partial charge on any atom is 0.264 e. The summed E-state index contributed by atoms with van der Waals surface area (Å²) in [6.07, 6.45) is 1.55. The molecular weight excluding hydrogens is 518 g/mol. The van der Waals surface area contributed by atoms with Gasteiger partial charge in [0.05, 0.1) is 22.9 Å². The number of carbonyl (C=O) groups excluding carboxylic acids is 1. The highest BCUT2D eigenvalue weighted by molar-refractivity contribution is 9.10. The number of sulfonamides is 1. The molecule has 1 amide bonds. The first-order chi connectivity index (χ1) is 16.1. The molecule has 0 atom stereocenters. The van der Waals surface area contributed by atoms with Crippen molar-refractivity contribution in [1.29, 1.82) is 0 Å². The van der Waals surface area contributed by atoms with Crippen LogP contribution in [0.2, 0.25) is 0 Å². The minimum atomic E-state index is -3.98. The van der Waals surface area contributed by atoms with Crippen molar-refractivity contribution in [1.82, 2.24) is 5.43 Å². The fourth-order valence-electron chi connectivity index (χ4n) is 3.01. The molecule has 0 heterocycles. The molecule has 3 aromatic rings. The van der Waals surface area contributed by atoms with Crippen LogP contribution < -0.4 is 14.5 Å². The molecule has 0 spiro atoms. The molecule has 3 rings (SSSR count). The molecule has 34 heavy (non-hydrogen) atoms. The Hall–Kier alpha value is -3.17. The summed E-state index contributed by atoms with van der Waals surface area (Å²) >= 11 is 3.35. The van der Waals surface area contributed by atoms with Crippen LogP contribution in [0.5, 0.6) is 5.75 Å². The number of rotatable bonds is 9. The van der Waals surface area contributed by atoms with Crippen LogP contribution in [0.4, 0.5) is 5.69 Å². The number of ether oxygens (including phenoxy) is 1. The number of anilines is 1. The zero-order chi connectivity index (χ0) is 24.7. The zero-order valence-electron chi connectivity index (χ0n) is 19.1. The Morgan fingerprint density at radius 2 is 1.65 bits per heavy atom. The Balaban J connectivity index is 1.75. The Labute approximate surface area is 208 Å². The van der Waals surface area contributed by atoms with Gasteiger partial charge in [-0.05, 0) is 87.0 Å². The first-order valence-electron chi connectivity index (χ1n) is 10.6. The van der Waals surface area contributed by atoms with Crippen molar-refractivity contribution < 1.29 is 17.9 Å².